The number of nitrogens with one attached hydrogen (secondary N) is 4. The molecule has 13 heteroatoms. The van der Waals surface area contributed by atoms with E-state index in [1.807, 2.05) is 24.3 Å². The lowest BCUT2D eigenvalue weighted by molar-refractivity contribution is 0.186. The Morgan fingerprint density at radius 2 is 1.27 bits per heavy atom. The van der Waals surface area contributed by atoms with Gasteiger partial charge in [-0.25, -0.2) is 18.0 Å². The summed E-state index contributed by atoms with van der Waals surface area (Å²) in [4.78, 5) is 23.3. The van der Waals surface area contributed by atoms with Gasteiger partial charge in [0.05, 0.1) is 37.5 Å². The average Bonchev–Trinajstić information content (AvgIpc) is 3.05. The minimum atomic E-state index is -3.97. The van der Waals surface area contributed by atoms with Crippen LogP contribution in [0.2, 0.25) is 0 Å². The van der Waals surface area contributed by atoms with Crippen LogP contribution in [0.4, 0.5) is 26.7 Å². The van der Waals surface area contributed by atoms with Crippen LogP contribution in [-0.2, 0) is 19.5 Å². The monoisotopic (exact) mass is 634 g/mol. The molecule has 2 amide bonds. The van der Waals surface area contributed by atoms with E-state index in [9.17, 15) is 28.2 Å². The highest BCUT2D eigenvalue weighted by atomic mass is 32.2. The predicted molar refractivity (Wildman–Crippen MR) is 170 cm³/mol. The standard InChI is InChI=1S/C32H34N4O8S/c1-43-31(39)34-24-13-8-21(9-14-24)27(22-10-15-25(16-11-22)35-32(40)44-2)19-33-29(20-37)23-12-17-30(38)28(18-23)36-45(41,42)26-6-4-3-5-7-26/h3-18,27,29,33,36-38H,19-20H2,1-2H3,(H,34,39)(H,35,40)/t29-/m0/s1. The van der Waals surface area contributed by atoms with Gasteiger partial charge < -0.3 is 25.0 Å². The third-order valence-corrected chi connectivity index (χ3v) is 8.34. The van der Waals surface area contributed by atoms with E-state index >= 15 is 0 Å². The van der Waals surface area contributed by atoms with Crippen LogP contribution in [0.5, 0.6) is 5.75 Å². The Morgan fingerprint density at radius 1 is 0.756 bits per heavy atom. The molecule has 0 fully saturated rings. The van der Waals surface area contributed by atoms with Crippen LogP contribution in [-0.4, -0.2) is 58.2 Å². The number of methoxy groups -OCH3 is 2. The number of carbonyl (C=O) groups is 2. The van der Waals surface area contributed by atoms with E-state index in [1.54, 1.807) is 48.5 Å². The molecule has 0 saturated heterocycles. The molecule has 0 aromatic heterocycles. The van der Waals surface area contributed by atoms with Crippen molar-refractivity contribution in [2.45, 2.75) is 16.9 Å². The van der Waals surface area contributed by atoms with E-state index in [1.165, 1.54) is 38.5 Å². The second kappa shape index (κ2) is 15.1. The zero-order valence-corrected chi connectivity index (χ0v) is 25.4. The number of hydrogen-bond donors (Lipinski definition) is 6. The number of anilines is 3. The summed E-state index contributed by atoms with van der Waals surface area (Å²) in [5.74, 6) is -0.527. The number of aliphatic hydroxyl groups is 1. The molecule has 0 bridgehead atoms. The van der Waals surface area contributed by atoms with Crippen molar-refractivity contribution in [3.05, 3.63) is 114 Å². The SMILES string of the molecule is COC(=O)Nc1ccc(C(CN[C@@H](CO)c2ccc(O)c(NS(=O)(=O)c3ccccc3)c2)c2ccc(NC(=O)OC)cc2)cc1. The predicted octanol–water partition coefficient (Wildman–Crippen LogP) is 5.00. The van der Waals surface area contributed by atoms with Crippen molar-refractivity contribution >= 4 is 39.3 Å². The molecule has 6 N–H and O–H groups in total. The van der Waals surface area contributed by atoms with Gasteiger partial charge in [0.15, 0.2) is 0 Å². The minimum Gasteiger partial charge on any atom is -0.506 e. The van der Waals surface area contributed by atoms with Crippen LogP contribution in [0.1, 0.15) is 28.7 Å². The summed E-state index contributed by atoms with van der Waals surface area (Å²) in [6, 6.07) is 25.9. The Morgan fingerprint density at radius 3 is 1.76 bits per heavy atom. The quantitative estimate of drug-likeness (QED) is 0.117. The van der Waals surface area contributed by atoms with Gasteiger partial charge in [0.1, 0.15) is 5.75 Å². The fraction of sp³-hybridized carbons (Fsp3) is 0.188. The topological polar surface area (TPSA) is 175 Å². The highest BCUT2D eigenvalue weighted by Crippen LogP contribution is 2.31. The zero-order chi connectivity index (χ0) is 32.4. The number of hydrogen-bond acceptors (Lipinski definition) is 9. The first-order valence-electron chi connectivity index (χ1n) is 13.8. The second-order valence-electron chi connectivity index (χ2n) is 9.87. The molecular formula is C32H34N4O8S. The van der Waals surface area contributed by atoms with Crippen molar-refractivity contribution in [2.24, 2.45) is 0 Å². The molecule has 0 radical (unpaired) electrons. The maximum absolute atomic E-state index is 12.9. The number of ether oxygens (including phenoxy) is 2. The lowest BCUT2D eigenvalue weighted by Gasteiger charge is -2.24. The molecule has 0 heterocycles. The highest BCUT2D eigenvalue weighted by molar-refractivity contribution is 7.92. The molecule has 0 unspecified atom stereocenters. The summed E-state index contributed by atoms with van der Waals surface area (Å²) >= 11 is 0. The lowest BCUT2D eigenvalue weighted by atomic mass is 9.90. The molecule has 0 aliphatic carbocycles. The van der Waals surface area contributed by atoms with Crippen molar-refractivity contribution < 1.29 is 37.7 Å². The number of aliphatic hydroxyl groups excluding tert-OH is 1. The summed E-state index contributed by atoms with van der Waals surface area (Å²) in [6.45, 7) is -0.00290. The molecule has 0 spiro atoms. The van der Waals surface area contributed by atoms with Gasteiger partial charge in [-0.15, -0.1) is 0 Å². The first kappa shape index (κ1) is 32.8. The van der Waals surface area contributed by atoms with Crippen molar-refractivity contribution in [3.8, 4) is 5.75 Å². The van der Waals surface area contributed by atoms with Crippen molar-refractivity contribution in [3.63, 3.8) is 0 Å². The first-order valence-corrected chi connectivity index (χ1v) is 15.3. The van der Waals surface area contributed by atoms with Crippen LogP contribution in [0.15, 0.2) is 102 Å². The van der Waals surface area contributed by atoms with E-state index in [0.29, 0.717) is 23.5 Å². The molecule has 45 heavy (non-hydrogen) atoms. The maximum atomic E-state index is 12.9. The van der Waals surface area contributed by atoms with E-state index in [0.717, 1.165) is 11.1 Å². The van der Waals surface area contributed by atoms with Gasteiger partial charge in [0.25, 0.3) is 10.0 Å². The lowest BCUT2D eigenvalue weighted by Crippen LogP contribution is -2.29. The summed E-state index contributed by atoms with van der Waals surface area (Å²) in [6.07, 6.45) is -1.19. The molecule has 4 aromatic rings. The summed E-state index contributed by atoms with van der Waals surface area (Å²) in [5.41, 5.74) is 3.34. The van der Waals surface area contributed by atoms with Gasteiger partial charge in [0, 0.05) is 23.8 Å². The third-order valence-electron chi connectivity index (χ3n) is 6.96. The first-order chi connectivity index (χ1) is 21.6. The maximum Gasteiger partial charge on any atom is 0.411 e. The van der Waals surface area contributed by atoms with Gasteiger partial charge in [-0.3, -0.25) is 15.4 Å². The molecule has 1 atom stereocenters. The van der Waals surface area contributed by atoms with Gasteiger partial charge in [-0.1, -0.05) is 48.5 Å². The van der Waals surface area contributed by atoms with Crippen molar-refractivity contribution in [1.29, 1.82) is 0 Å². The Hall–Kier alpha value is -5.11. The van der Waals surface area contributed by atoms with Crippen LogP contribution < -0.4 is 20.7 Å². The number of benzene rings is 4. The molecule has 4 rings (SSSR count). The van der Waals surface area contributed by atoms with Gasteiger partial charge in [0.2, 0.25) is 0 Å². The third kappa shape index (κ3) is 8.72. The highest BCUT2D eigenvalue weighted by Gasteiger charge is 2.21. The number of sulfonamides is 1. The van der Waals surface area contributed by atoms with Crippen molar-refractivity contribution in [2.75, 3.05) is 42.7 Å². The number of aromatic hydroxyl groups is 1. The Bertz CT molecular complexity index is 1640. The molecule has 0 aliphatic rings. The van der Waals surface area contributed by atoms with E-state index in [-0.39, 0.29) is 28.9 Å². The van der Waals surface area contributed by atoms with Gasteiger partial charge >= 0.3 is 12.2 Å². The molecule has 0 aliphatic heterocycles. The van der Waals surface area contributed by atoms with Crippen LogP contribution in [0.25, 0.3) is 0 Å². The summed E-state index contributed by atoms with van der Waals surface area (Å²) < 4.78 is 37.5. The number of phenolic OH excluding ortho intramolecular Hbond substituents is 1. The van der Waals surface area contributed by atoms with E-state index < -0.39 is 28.3 Å². The van der Waals surface area contributed by atoms with E-state index in [4.69, 9.17) is 0 Å². The van der Waals surface area contributed by atoms with Crippen molar-refractivity contribution in [1.82, 2.24) is 5.32 Å². The Labute approximate surface area is 261 Å². The van der Waals surface area contributed by atoms with Crippen LogP contribution in [0, 0.1) is 0 Å². The summed E-state index contributed by atoms with van der Waals surface area (Å²) in [7, 11) is -1.42. The largest absolute Gasteiger partial charge is 0.506 e. The van der Waals surface area contributed by atoms with Gasteiger partial charge in [-0.05, 0) is 65.2 Å². The molecule has 236 valence electrons. The molecule has 0 saturated carbocycles. The number of phenols is 1. The zero-order valence-electron chi connectivity index (χ0n) is 24.6. The average molecular weight is 635 g/mol. The molecular weight excluding hydrogens is 600 g/mol. The number of amides is 2. The summed E-state index contributed by atoms with van der Waals surface area (Å²) in [5, 5.41) is 29.3. The van der Waals surface area contributed by atoms with Crippen LogP contribution >= 0.6 is 0 Å². The van der Waals surface area contributed by atoms with E-state index in [2.05, 4.69) is 30.1 Å². The number of carbonyl (C=O) groups excluding carboxylic acids is 2. The Kier molecular flexibility index (Phi) is 11.0. The van der Waals surface area contributed by atoms with Gasteiger partial charge in [-0.2, -0.15) is 0 Å². The fourth-order valence-electron chi connectivity index (χ4n) is 4.57. The number of rotatable bonds is 12. The minimum absolute atomic E-state index is 0.0319. The fourth-order valence-corrected chi connectivity index (χ4v) is 5.65. The second-order valence-corrected chi connectivity index (χ2v) is 11.6. The normalized spacial score (nSPS) is 11.8. The molecule has 4 aromatic carbocycles. The smallest absolute Gasteiger partial charge is 0.411 e. The van der Waals surface area contributed by atoms with Crippen LogP contribution in [0.3, 0.4) is 0 Å². The molecule has 12 nitrogen and oxygen atoms in total. The Balaban J connectivity index is 1.58.